The largest absolute Gasteiger partial charge is 0.440 e. The molecular weight excluding hydrogens is 323 g/mol. The summed E-state index contributed by atoms with van der Waals surface area (Å²) in [6.45, 7) is 4.18. The van der Waals surface area contributed by atoms with Gasteiger partial charge in [-0.1, -0.05) is 12.1 Å². The molecule has 3 saturated heterocycles. The average molecular weight is 348 g/mol. The third kappa shape index (κ3) is 3.36. The molecule has 1 amide bonds. The molecule has 3 heterocycles. The van der Waals surface area contributed by atoms with E-state index in [4.69, 9.17) is 4.74 Å². The molecular formula is C18H25FN4O2. The maximum atomic E-state index is 13.6. The minimum atomic E-state index is -0.363. The van der Waals surface area contributed by atoms with E-state index in [1.165, 1.54) is 6.07 Å². The minimum absolute atomic E-state index is 0.0855. The summed E-state index contributed by atoms with van der Waals surface area (Å²) in [6, 6.07) is 6.88. The molecule has 1 aromatic carbocycles. The van der Waals surface area contributed by atoms with Crippen LogP contribution >= 0.6 is 0 Å². The molecule has 1 aromatic rings. The van der Waals surface area contributed by atoms with Gasteiger partial charge in [-0.05, 0) is 37.1 Å². The van der Waals surface area contributed by atoms with Crippen molar-refractivity contribution in [1.29, 1.82) is 0 Å². The summed E-state index contributed by atoms with van der Waals surface area (Å²) in [6.07, 6.45) is 1.73. The molecule has 3 unspecified atom stereocenters. The van der Waals surface area contributed by atoms with Gasteiger partial charge in [-0.15, -0.1) is 0 Å². The van der Waals surface area contributed by atoms with E-state index < -0.39 is 0 Å². The Bertz CT molecular complexity index is 658. The Labute approximate surface area is 147 Å². The summed E-state index contributed by atoms with van der Waals surface area (Å²) in [5.74, 6) is 0.134. The standard InChI is InChI=1S/C18H25FN4O2/c1-22-11-18(25-17(22)24)6-3-7-23(12-18)10-14-9-20-21-16(14)13-4-2-5-15(19)8-13/h2,4-5,8,14,16,20-21H,3,6-7,9-12H2,1H3. The van der Waals surface area contributed by atoms with Gasteiger partial charge in [-0.25, -0.2) is 14.6 Å². The van der Waals surface area contributed by atoms with Crippen LogP contribution in [0.5, 0.6) is 0 Å². The van der Waals surface area contributed by atoms with Crippen LogP contribution in [0.25, 0.3) is 0 Å². The lowest BCUT2D eigenvalue weighted by Gasteiger charge is -2.39. The lowest BCUT2D eigenvalue weighted by atomic mass is 9.90. The second kappa shape index (κ2) is 6.55. The lowest BCUT2D eigenvalue weighted by molar-refractivity contribution is -0.0131. The fourth-order valence-electron chi connectivity index (χ4n) is 4.44. The van der Waals surface area contributed by atoms with E-state index in [0.717, 1.165) is 44.6 Å². The predicted molar refractivity (Wildman–Crippen MR) is 91.3 cm³/mol. The smallest absolute Gasteiger partial charge is 0.410 e. The molecule has 2 N–H and O–H groups in total. The first-order valence-corrected chi connectivity index (χ1v) is 8.95. The van der Waals surface area contributed by atoms with Crippen molar-refractivity contribution in [3.63, 3.8) is 0 Å². The first-order chi connectivity index (χ1) is 12.0. The van der Waals surface area contributed by atoms with Crippen LogP contribution in [0.4, 0.5) is 9.18 Å². The van der Waals surface area contributed by atoms with Crippen LogP contribution in [0.1, 0.15) is 24.4 Å². The number of hydrogen-bond donors (Lipinski definition) is 2. The van der Waals surface area contributed by atoms with Crippen molar-refractivity contribution in [3.05, 3.63) is 35.6 Å². The molecule has 0 aromatic heterocycles. The van der Waals surface area contributed by atoms with Crippen LogP contribution in [0.3, 0.4) is 0 Å². The molecule has 0 bridgehead atoms. The highest BCUT2D eigenvalue weighted by Crippen LogP contribution is 2.33. The number of carbonyl (C=O) groups excluding carboxylic acids is 1. The molecule has 6 nitrogen and oxygen atoms in total. The second-order valence-corrected chi connectivity index (χ2v) is 7.56. The van der Waals surface area contributed by atoms with Crippen molar-refractivity contribution in [2.45, 2.75) is 24.5 Å². The number of likely N-dealkylation sites (N-methyl/N-ethyl adjacent to an activating group) is 1. The van der Waals surface area contributed by atoms with Gasteiger partial charge in [0.25, 0.3) is 0 Å². The number of ether oxygens (including phenoxy) is 1. The van der Waals surface area contributed by atoms with Crippen molar-refractivity contribution >= 4 is 6.09 Å². The van der Waals surface area contributed by atoms with Crippen LogP contribution in [0.2, 0.25) is 0 Å². The van der Waals surface area contributed by atoms with Gasteiger partial charge in [0.05, 0.1) is 12.6 Å². The van der Waals surface area contributed by atoms with Crippen LogP contribution in [-0.4, -0.2) is 61.3 Å². The third-order valence-electron chi connectivity index (χ3n) is 5.55. The van der Waals surface area contributed by atoms with Gasteiger partial charge in [0, 0.05) is 32.6 Å². The Morgan fingerprint density at radius 2 is 2.28 bits per heavy atom. The lowest BCUT2D eigenvalue weighted by Crippen LogP contribution is -2.52. The number of nitrogens with one attached hydrogen (secondary N) is 2. The zero-order chi connectivity index (χ0) is 17.4. The number of amides is 1. The fourth-order valence-corrected chi connectivity index (χ4v) is 4.44. The molecule has 7 heteroatoms. The van der Waals surface area contributed by atoms with E-state index in [-0.39, 0.29) is 23.6 Å². The van der Waals surface area contributed by atoms with Gasteiger partial charge >= 0.3 is 6.09 Å². The number of benzene rings is 1. The molecule has 3 aliphatic heterocycles. The quantitative estimate of drug-likeness (QED) is 0.867. The predicted octanol–water partition coefficient (Wildman–Crippen LogP) is 1.51. The van der Waals surface area contributed by atoms with Crippen molar-refractivity contribution in [3.8, 4) is 0 Å². The molecule has 0 radical (unpaired) electrons. The van der Waals surface area contributed by atoms with E-state index in [1.807, 2.05) is 6.07 Å². The Hall–Kier alpha value is -1.70. The number of likely N-dealkylation sites (tertiary alicyclic amines) is 1. The van der Waals surface area contributed by atoms with E-state index in [9.17, 15) is 9.18 Å². The number of rotatable bonds is 3. The summed E-state index contributed by atoms with van der Waals surface area (Å²) in [5, 5.41) is 0. The van der Waals surface area contributed by atoms with Crippen LogP contribution in [-0.2, 0) is 4.74 Å². The van der Waals surface area contributed by atoms with E-state index in [0.29, 0.717) is 12.5 Å². The fraction of sp³-hybridized carbons (Fsp3) is 0.611. The highest BCUT2D eigenvalue weighted by Gasteiger charge is 2.47. The maximum absolute atomic E-state index is 13.6. The summed E-state index contributed by atoms with van der Waals surface area (Å²) in [4.78, 5) is 15.9. The molecule has 3 atom stereocenters. The Balaban J connectivity index is 1.43. The van der Waals surface area contributed by atoms with Gasteiger partial charge in [0.2, 0.25) is 0 Å². The SMILES string of the molecule is CN1CC2(CCCN(CC3CNNC3c3cccc(F)c3)C2)OC1=O. The minimum Gasteiger partial charge on any atom is -0.440 e. The first-order valence-electron chi connectivity index (χ1n) is 8.95. The van der Waals surface area contributed by atoms with Gasteiger partial charge in [-0.2, -0.15) is 0 Å². The summed E-state index contributed by atoms with van der Waals surface area (Å²) in [7, 11) is 1.79. The Morgan fingerprint density at radius 3 is 3.04 bits per heavy atom. The molecule has 4 rings (SSSR count). The zero-order valence-electron chi connectivity index (χ0n) is 14.5. The van der Waals surface area contributed by atoms with E-state index >= 15 is 0 Å². The number of hydrazine groups is 1. The molecule has 3 aliphatic rings. The third-order valence-corrected chi connectivity index (χ3v) is 5.55. The number of piperidine rings is 1. The highest BCUT2D eigenvalue weighted by molar-refractivity contribution is 5.70. The normalized spacial score (nSPS) is 33.2. The average Bonchev–Trinajstić information content (AvgIpc) is 3.12. The molecule has 1 spiro atoms. The summed E-state index contributed by atoms with van der Waals surface area (Å²) in [5.41, 5.74) is 7.09. The van der Waals surface area contributed by atoms with Gasteiger partial charge < -0.3 is 9.64 Å². The summed E-state index contributed by atoms with van der Waals surface area (Å²) < 4.78 is 19.3. The van der Waals surface area contributed by atoms with Crippen LogP contribution in [0.15, 0.2) is 24.3 Å². The number of halogens is 1. The first kappa shape index (κ1) is 16.8. The van der Waals surface area contributed by atoms with Gasteiger partial charge in [0.1, 0.15) is 11.4 Å². The second-order valence-electron chi connectivity index (χ2n) is 7.56. The van der Waals surface area contributed by atoms with Crippen LogP contribution < -0.4 is 10.9 Å². The van der Waals surface area contributed by atoms with Crippen molar-refractivity contribution in [1.82, 2.24) is 20.7 Å². The Morgan fingerprint density at radius 1 is 1.40 bits per heavy atom. The zero-order valence-corrected chi connectivity index (χ0v) is 14.5. The van der Waals surface area contributed by atoms with Crippen molar-refractivity contribution in [2.24, 2.45) is 5.92 Å². The van der Waals surface area contributed by atoms with Crippen molar-refractivity contribution < 1.29 is 13.9 Å². The van der Waals surface area contributed by atoms with Crippen LogP contribution in [0, 0.1) is 11.7 Å². The number of nitrogens with zero attached hydrogens (tertiary/aromatic N) is 2. The molecule has 136 valence electrons. The maximum Gasteiger partial charge on any atom is 0.410 e. The molecule has 3 fully saturated rings. The summed E-state index contributed by atoms with van der Waals surface area (Å²) >= 11 is 0. The number of carbonyl (C=O) groups is 1. The number of hydrogen-bond acceptors (Lipinski definition) is 5. The topological polar surface area (TPSA) is 56.8 Å². The van der Waals surface area contributed by atoms with Gasteiger partial charge in [0.15, 0.2) is 0 Å². The molecule has 25 heavy (non-hydrogen) atoms. The molecule has 0 saturated carbocycles. The van der Waals surface area contributed by atoms with E-state index in [1.54, 1.807) is 24.1 Å². The van der Waals surface area contributed by atoms with E-state index in [2.05, 4.69) is 15.8 Å². The highest BCUT2D eigenvalue weighted by atomic mass is 19.1. The van der Waals surface area contributed by atoms with Gasteiger partial charge in [-0.3, -0.25) is 10.3 Å². The Kier molecular flexibility index (Phi) is 4.39. The monoisotopic (exact) mass is 348 g/mol. The van der Waals surface area contributed by atoms with Crippen molar-refractivity contribution in [2.75, 3.05) is 39.8 Å². The molecule has 0 aliphatic carbocycles.